The van der Waals surface area contributed by atoms with Crippen LogP contribution >= 0.6 is 11.6 Å². The molecular formula is C9H10ClN3. The van der Waals surface area contributed by atoms with Gasteiger partial charge < -0.3 is 11.5 Å². The maximum Gasteiger partial charge on any atom is 0.101 e. The largest absolute Gasteiger partial charge is 0.329 e. The fraction of sp³-hybridized carbons (Fsp3) is 0.222. The van der Waals surface area contributed by atoms with E-state index in [1.165, 1.54) is 0 Å². The average molecular weight is 196 g/mol. The van der Waals surface area contributed by atoms with Crippen molar-refractivity contribution in [2.24, 2.45) is 11.5 Å². The number of nitrogens with two attached hydrogens (primary N) is 2. The number of nitrogens with zero attached hydrogens (tertiary/aromatic N) is 1. The third kappa shape index (κ3) is 2.19. The number of nitriles is 1. The van der Waals surface area contributed by atoms with Crippen molar-refractivity contribution in [1.29, 1.82) is 5.26 Å². The first kappa shape index (κ1) is 10.0. The minimum absolute atomic E-state index is 0.217. The Bertz CT molecular complexity index is 343. The molecule has 0 unspecified atom stereocenters. The molecule has 0 amide bonds. The van der Waals surface area contributed by atoms with Gasteiger partial charge >= 0.3 is 0 Å². The normalized spacial score (nSPS) is 12.2. The second-order valence-corrected chi connectivity index (χ2v) is 3.10. The summed E-state index contributed by atoms with van der Waals surface area (Å²) in [6.45, 7) is 0.363. The van der Waals surface area contributed by atoms with Crippen LogP contribution in [0.25, 0.3) is 0 Å². The third-order valence-corrected chi connectivity index (χ3v) is 2.11. The minimum atomic E-state index is -0.217. The smallest absolute Gasteiger partial charge is 0.101 e. The molecule has 68 valence electrons. The molecule has 1 aromatic rings. The van der Waals surface area contributed by atoms with E-state index < -0.39 is 0 Å². The number of hydrogen-bond donors (Lipinski definition) is 2. The number of benzene rings is 1. The van der Waals surface area contributed by atoms with E-state index in [1.807, 2.05) is 6.07 Å². The molecule has 0 aliphatic heterocycles. The Hall–Kier alpha value is -1.08. The van der Waals surface area contributed by atoms with Crippen LogP contribution in [0.5, 0.6) is 0 Å². The zero-order valence-corrected chi connectivity index (χ0v) is 7.75. The van der Waals surface area contributed by atoms with Gasteiger partial charge in [-0.3, -0.25) is 0 Å². The zero-order chi connectivity index (χ0) is 9.84. The van der Waals surface area contributed by atoms with Crippen molar-refractivity contribution in [3.8, 4) is 6.07 Å². The Morgan fingerprint density at radius 1 is 1.54 bits per heavy atom. The molecule has 0 heterocycles. The van der Waals surface area contributed by atoms with Crippen LogP contribution in [0.3, 0.4) is 0 Å². The predicted molar refractivity (Wildman–Crippen MR) is 52.1 cm³/mol. The van der Waals surface area contributed by atoms with E-state index in [0.717, 1.165) is 5.56 Å². The van der Waals surface area contributed by atoms with Crippen molar-refractivity contribution >= 4 is 11.6 Å². The van der Waals surface area contributed by atoms with Gasteiger partial charge in [0.15, 0.2) is 0 Å². The molecule has 4 N–H and O–H groups in total. The lowest BCUT2D eigenvalue weighted by molar-refractivity contribution is 0.737. The quantitative estimate of drug-likeness (QED) is 0.744. The van der Waals surface area contributed by atoms with Gasteiger partial charge in [0.2, 0.25) is 0 Å². The van der Waals surface area contributed by atoms with Crippen LogP contribution in [0.1, 0.15) is 17.2 Å². The molecule has 13 heavy (non-hydrogen) atoms. The Morgan fingerprint density at radius 2 is 2.23 bits per heavy atom. The van der Waals surface area contributed by atoms with Gasteiger partial charge in [0.05, 0.1) is 10.6 Å². The molecule has 0 aliphatic carbocycles. The maximum absolute atomic E-state index is 8.61. The second-order valence-electron chi connectivity index (χ2n) is 2.69. The Kier molecular flexibility index (Phi) is 3.26. The van der Waals surface area contributed by atoms with Gasteiger partial charge in [-0.25, -0.2) is 0 Å². The predicted octanol–water partition coefficient (Wildman–Crippen LogP) is 1.17. The van der Waals surface area contributed by atoms with Crippen LogP contribution in [0, 0.1) is 11.3 Å². The topological polar surface area (TPSA) is 75.8 Å². The Labute approximate surface area is 81.9 Å². The van der Waals surface area contributed by atoms with Gasteiger partial charge in [-0.15, -0.1) is 0 Å². The van der Waals surface area contributed by atoms with Crippen molar-refractivity contribution < 1.29 is 0 Å². The molecule has 0 aliphatic rings. The monoisotopic (exact) mass is 195 g/mol. The zero-order valence-electron chi connectivity index (χ0n) is 7.00. The van der Waals surface area contributed by atoms with Gasteiger partial charge in [-0.05, 0) is 17.7 Å². The summed E-state index contributed by atoms with van der Waals surface area (Å²) in [7, 11) is 0. The summed E-state index contributed by atoms with van der Waals surface area (Å²) in [5.41, 5.74) is 12.4. The lowest BCUT2D eigenvalue weighted by Crippen LogP contribution is -2.20. The van der Waals surface area contributed by atoms with Crippen molar-refractivity contribution in [2.45, 2.75) is 6.04 Å². The first-order valence-corrected chi connectivity index (χ1v) is 4.22. The van der Waals surface area contributed by atoms with Crippen molar-refractivity contribution in [3.05, 3.63) is 34.3 Å². The van der Waals surface area contributed by atoms with E-state index in [2.05, 4.69) is 0 Å². The van der Waals surface area contributed by atoms with Crippen LogP contribution in [0.15, 0.2) is 18.2 Å². The molecule has 3 nitrogen and oxygen atoms in total. The summed E-state index contributed by atoms with van der Waals surface area (Å²) in [4.78, 5) is 0. The van der Waals surface area contributed by atoms with Crippen molar-refractivity contribution in [3.63, 3.8) is 0 Å². The first-order valence-electron chi connectivity index (χ1n) is 3.84. The molecule has 1 atom stereocenters. The van der Waals surface area contributed by atoms with Crippen LogP contribution in [0.4, 0.5) is 0 Å². The first-order chi connectivity index (χ1) is 6.19. The molecule has 1 rings (SSSR count). The van der Waals surface area contributed by atoms with Crippen LogP contribution < -0.4 is 11.5 Å². The van der Waals surface area contributed by atoms with Crippen molar-refractivity contribution in [2.75, 3.05) is 6.54 Å². The highest BCUT2D eigenvalue weighted by Crippen LogP contribution is 2.19. The average Bonchev–Trinajstić information content (AvgIpc) is 2.16. The molecule has 4 heteroatoms. The molecule has 0 saturated carbocycles. The Balaban J connectivity index is 3.04. The van der Waals surface area contributed by atoms with Gasteiger partial charge in [-0.1, -0.05) is 17.7 Å². The van der Waals surface area contributed by atoms with Gasteiger partial charge in [0.1, 0.15) is 6.07 Å². The van der Waals surface area contributed by atoms with Crippen LogP contribution in [-0.4, -0.2) is 6.54 Å². The van der Waals surface area contributed by atoms with Gasteiger partial charge in [0.25, 0.3) is 0 Å². The standard InChI is InChI=1S/C9H10ClN3/c10-8-3-6(9(13)5-12)1-2-7(8)4-11/h1-3,9H,5,12-13H2/t9-/m0/s1. The molecule has 0 aromatic heterocycles. The van der Waals surface area contributed by atoms with Crippen LogP contribution in [0.2, 0.25) is 5.02 Å². The summed E-state index contributed by atoms with van der Waals surface area (Å²) < 4.78 is 0. The fourth-order valence-electron chi connectivity index (χ4n) is 0.989. The summed E-state index contributed by atoms with van der Waals surface area (Å²) >= 11 is 5.81. The van der Waals surface area contributed by atoms with E-state index in [0.29, 0.717) is 17.1 Å². The summed E-state index contributed by atoms with van der Waals surface area (Å²) in [5.74, 6) is 0. The molecule has 1 aromatic carbocycles. The lowest BCUT2D eigenvalue weighted by atomic mass is 10.1. The highest BCUT2D eigenvalue weighted by molar-refractivity contribution is 6.31. The van der Waals surface area contributed by atoms with E-state index in [-0.39, 0.29) is 6.04 Å². The summed E-state index contributed by atoms with van der Waals surface area (Å²) in [5, 5.41) is 9.04. The van der Waals surface area contributed by atoms with E-state index in [4.69, 9.17) is 28.3 Å². The molecule has 0 radical (unpaired) electrons. The second kappa shape index (κ2) is 4.24. The highest BCUT2D eigenvalue weighted by atomic mass is 35.5. The van der Waals surface area contributed by atoms with Crippen LogP contribution in [-0.2, 0) is 0 Å². The van der Waals surface area contributed by atoms with Crippen molar-refractivity contribution in [1.82, 2.24) is 0 Å². The number of rotatable bonds is 2. The van der Waals surface area contributed by atoms with E-state index in [9.17, 15) is 0 Å². The molecule has 0 bridgehead atoms. The highest BCUT2D eigenvalue weighted by Gasteiger charge is 2.06. The van der Waals surface area contributed by atoms with E-state index >= 15 is 0 Å². The molecule has 0 fully saturated rings. The lowest BCUT2D eigenvalue weighted by Gasteiger charge is -2.09. The van der Waals surface area contributed by atoms with Gasteiger partial charge in [0, 0.05) is 12.6 Å². The minimum Gasteiger partial charge on any atom is -0.329 e. The third-order valence-electron chi connectivity index (χ3n) is 1.80. The Morgan fingerprint density at radius 3 is 2.69 bits per heavy atom. The summed E-state index contributed by atoms with van der Waals surface area (Å²) in [6.07, 6.45) is 0. The summed E-state index contributed by atoms with van der Waals surface area (Å²) in [6, 6.07) is 6.85. The molecule has 0 saturated heterocycles. The molecule has 0 spiro atoms. The maximum atomic E-state index is 8.61. The van der Waals surface area contributed by atoms with E-state index in [1.54, 1.807) is 18.2 Å². The molecular weight excluding hydrogens is 186 g/mol. The SMILES string of the molecule is N#Cc1ccc([C@@H](N)CN)cc1Cl. The van der Waals surface area contributed by atoms with Gasteiger partial charge in [-0.2, -0.15) is 5.26 Å². The fourth-order valence-corrected chi connectivity index (χ4v) is 1.22. The number of halogens is 1. The number of hydrogen-bond acceptors (Lipinski definition) is 3.